The molecule has 0 radical (unpaired) electrons. The predicted molar refractivity (Wildman–Crippen MR) is 115 cm³/mol. The smallest absolute Gasteiger partial charge is 0.384 e. The summed E-state index contributed by atoms with van der Waals surface area (Å²) in [6, 6.07) is 5.73. The van der Waals surface area contributed by atoms with Crippen molar-refractivity contribution in [2.45, 2.75) is 37.8 Å². The summed E-state index contributed by atoms with van der Waals surface area (Å²) >= 11 is 0. The predicted octanol–water partition coefficient (Wildman–Crippen LogP) is 4.29. The van der Waals surface area contributed by atoms with Crippen LogP contribution in [0.3, 0.4) is 0 Å². The minimum Gasteiger partial charge on any atom is -0.384 e. The van der Waals surface area contributed by atoms with E-state index in [1.54, 1.807) is 13.2 Å². The molecular weight excluding hydrogens is 482 g/mol. The molecule has 1 atom stereocenters. The molecule has 3 rings (SSSR count). The van der Waals surface area contributed by atoms with E-state index in [0.717, 1.165) is 63.1 Å². The van der Waals surface area contributed by atoms with Gasteiger partial charge >= 0.3 is 6.18 Å². The topological polar surface area (TPSA) is 36.9 Å². The maximum absolute atomic E-state index is 13.0. The van der Waals surface area contributed by atoms with Crippen LogP contribution in [0.5, 0.6) is 0 Å². The summed E-state index contributed by atoms with van der Waals surface area (Å²) in [6.07, 6.45) is -1.49. The van der Waals surface area contributed by atoms with Gasteiger partial charge in [0, 0.05) is 38.1 Å². The first kappa shape index (κ1) is 23.3. The van der Waals surface area contributed by atoms with Crippen molar-refractivity contribution < 1.29 is 17.9 Å². The summed E-state index contributed by atoms with van der Waals surface area (Å²) in [7, 11) is 1.72. The van der Waals surface area contributed by atoms with Gasteiger partial charge in [0.1, 0.15) is 0 Å². The molecule has 1 aromatic carbocycles. The van der Waals surface area contributed by atoms with Crippen molar-refractivity contribution in [1.82, 2.24) is 10.2 Å². The highest BCUT2D eigenvalue weighted by Gasteiger charge is 2.45. The molecule has 0 bridgehead atoms. The van der Waals surface area contributed by atoms with Gasteiger partial charge in [0.25, 0.3) is 0 Å². The molecule has 28 heavy (non-hydrogen) atoms. The maximum Gasteiger partial charge on any atom is 0.416 e. The summed E-state index contributed by atoms with van der Waals surface area (Å²) in [4.78, 5) is 7.03. The van der Waals surface area contributed by atoms with Gasteiger partial charge in [-0.2, -0.15) is 13.2 Å². The van der Waals surface area contributed by atoms with Gasteiger partial charge in [0.2, 0.25) is 0 Å². The molecule has 0 amide bonds. The van der Waals surface area contributed by atoms with Crippen molar-refractivity contribution in [2.75, 3.05) is 39.9 Å². The van der Waals surface area contributed by atoms with Crippen molar-refractivity contribution in [2.24, 2.45) is 10.9 Å². The van der Waals surface area contributed by atoms with E-state index < -0.39 is 11.7 Å². The van der Waals surface area contributed by atoms with Gasteiger partial charge in [-0.05, 0) is 37.8 Å². The van der Waals surface area contributed by atoms with Crippen LogP contribution in [0.15, 0.2) is 29.3 Å². The molecule has 1 unspecified atom stereocenters. The molecule has 0 aromatic heterocycles. The Morgan fingerprint density at radius 1 is 1.36 bits per heavy atom. The summed E-state index contributed by atoms with van der Waals surface area (Å²) in [5, 5.41) is 3.33. The van der Waals surface area contributed by atoms with Crippen LogP contribution < -0.4 is 5.32 Å². The first-order valence-electron chi connectivity index (χ1n) is 9.58. The van der Waals surface area contributed by atoms with Crippen molar-refractivity contribution in [3.8, 4) is 0 Å². The number of alkyl halides is 3. The van der Waals surface area contributed by atoms with Crippen molar-refractivity contribution in [3.05, 3.63) is 35.4 Å². The van der Waals surface area contributed by atoms with Crippen molar-refractivity contribution in [3.63, 3.8) is 0 Å². The Bertz CT molecular complexity index is 677. The summed E-state index contributed by atoms with van der Waals surface area (Å²) in [6.45, 7) is 5.87. The van der Waals surface area contributed by atoms with Gasteiger partial charge in [-0.1, -0.05) is 18.2 Å². The number of methoxy groups -OCH3 is 1. The lowest BCUT2D eigenvalue weighted by Gasteiger charge is -2.23. The molecule has 1 saturated carbocycles. The number of aliphatic imine (C=N–C) groups is 1. The lowest BCUT2D eigenvalue weighted by Crippen LogP contribution is -2.40. The van der Waals surface area contributed by atoms with Gasteiger partial charge in [-0.25, -0.2) is 0 Å². The number of rotatable bonds is 6. The van der Waals surface area contributed by atoms with E-state index in [-0.39, 0.29) is 29.4 Å². The third kappa shape index (κ3) is 5.52. The Morgan fingerprint density at radius 3 is 2.71 bits per heavy atom. The zero-order chi connectivity index (χ0) is 19.5. The molecule has 1 saturated heterocycles. The number of likely N-dealkylation sites (tertiary alicyclic amines) is 1. The molecule has 8 heteroatoms. The zero-order valence-corrected chi connectivity index (χ0v) is 18.7. The maximum atomic E-state index is 13.0. The number of halogens is 4. The second-order valence-corrected chi connectivity index (χ2v) is 7.59. The summed E-state index contributed by atoms with van der Waals surface area (Å²) in [5.74, 6) is 1.35. The normalized spacial score (nSPS) is 21.4. The number of guanidine groups is 1. The number of benzene rings is 1. The highest BCUT2D eigenvalue weighted by atomic mass is 127. The summed E-state index contributed by atoms with van der Waals surface area (Å²) < 4.78 is 44.4. The van der Waals surface area contributed by atoms with Crippen LogP contribution in [0, 0.1) is 5.92 Å². The van der Waals surface area contributed by atoms with E-state index >= 15 is 0 Å². The quantitative estimate of drug-likeness (QED) is 0.352. The Labute approximate surface area is 181 Å². The molecule has 2 fully saturated rings. The molecule has 2 aliphatic rings. The Hall–Kier alpha value is -1.03. The number of ether oxygens (including phenoxy) is 1. The monoisotopic (exact) mass is 511 g/mol. The number of nitrogens with zero attached hydrogens (tertiary/aromatic N) is 2. The van der Waals surface area contributed by atoms with E-state index in [9.17, 15) is 13.2 Å². The minimum atomic E-state index is -4.31. The third-order valence-electron chi connectivity index (χ3n) is 5.51. The van der Waals surface area contributed by atoms with Gasteiger partial charge in [-0.3, -0.25) is 4.99 Å². The first-order valence-corrected chi connectivity index (χ1v) is 9.58. The molecule has 1 N–H and O–H groups in total. The molecular formula is C20H29F3IN3O. The number of hydrogen-bond acceptors (Lipinski definition) is 2. The average Bonchev–Trinajstić information content (AvgIpc) is 3.29. The largest absolute Gasteiger partial charge is 0.416 e. The van der Waals surface area contributed by atoms with E-state index in [1.807, 2.05) is 6.92 Å². The lowest BCUT2D eigenvalue weighted by molar-refractivity contribution is -0.137. The highest BCUT2D eigenvalue weighted by Crippen LogP contribution is 2.49. The summed E-state index contributed by atoms with van der Waals surface area (Å²) in [5.41, 5.74) is -0.0900. The van der Waals surface area contributed by atoms with Crippen LogP contribution in [0.2, 0.25) is 0 Å². The zero-order valence-electron chi connectivity index (χ0n) is 16.4. The molecule has 1 heterocycles. The molecule has 1 aromatic rings. The molecule has 4 nitrogen and oxygen atoms in total. The molecule has 0 spiro atoms. The highest BCUT2D eigenvalue weighted by molar-refractivity contribution is 14.0. The fraction of sp³-hybridized carbons (Fsp3) is 0.650. The van der Waals surface area contributed by atoms with Crippen molar-refractivity contribution >= 4 is 29.9 Å². The fourth-order valence-corrected chi connectivity index (χ4v) is 3.76. The Morgan fingerprint density at radius 2 is 2.11 bits per heavy atom. The number of hydrogen-bond donors (Lipinski definition) is 1. The SMILES string of the molecule is CCNC(=NCC1(c2cccc(C(F)(F)F)c2)CC1)N1CCC(COC)C1.I. The molecule has 1 aliphatic heterocycles. The fourth-order valence-electron chi connectivity index (χ4n) is 3.76. The average molecular weight is 511 g/mol. The van der Waals surface area contributed by atoms with Crippen LogP contribution in [-0.4, -0.2) is 50.8 Å². The Kier molecular flexibility index (Phi) is 8.01. The number of nitrogens with one attached hydrogen (secondary N) is 1. The van der Waals surface area contributed by atoms with Gasteiger partial charge < -0.3 is 15.0 Å². The third-order valence-corrected chi connectivity index (χ3v) is 5.51. The van der Waals surface area contributed by atoms with Crippen LogP contribution in [0.4, 0.5) is 13.2 Å². The van der Waals surface area contributed by atoms with Gasteiger partial charge in [-0.15, -0.1) is 24.0 Å². The van der Waals surface area contributed by atoms with Gasteiger partial charge in [0.05, 0.1) is 18.7 Å². The minimum absolute atomic E-state index is 0. The van der Waals surface area contributed by atoms with E-state index in [4.69, 9.17) is 9.73 Å². The van der Waals surface area contributed by atoms with E-state index in [1.165, 1.54) is 12.1 Å². The van der Waals surface area contributed by atoms with Crippen molar-refractivity contribution in [1.29, 1.82) is 0 Å². The van der Waals surface area contributed by atoms with Crippen LogP contribution >= 0.6 is 24.0 Å². The van der Waals surface area contributed by atoms with Gasteiger partial charge in [0.15, 0.2) is 5.96 Å². The standard InChI is InChI=1S/C20H28F3N3O.HI/c1-3-24-18(26-10-7-15(12-26)13-27-2)25-14-19(8-9-19)16-5-4-6-17(11-16)20(21,22)23;/h4-6,11,15H,3,7-10,12-14H2,1-2H3,(H,24,25);1H. The lowest BCUT2D eigenvalue weighted by atomic mass is 9.94. The first-order chi connectivity index (χ1) is 12.9. The van der Waals surface area contributed by atoms with E-state index in [0.29, 0.717) is 12.5 Å². The van der Waals surface area contributed by atoms with Crippen LogP contribution in [0.1, 0.15) is 37.3 Å². The van der Waals surface area contributed by atoms with Crippen LogP contribution in [0.25, 0.3) is 0 Å². The molecule has 1 aliphatic carbocycles. The molecule has 158 valence electrons. The Balaban J connectivity index is 0.00000280. The second kappa shape index (κ2) is 9.65. The van der Waals surface area contributed by atoms with Crippen LogP contribution in [-0.2, 0) is 16.3 Å². The second-order valence-electron chi connectivity index (χ2n) is 7.59. The van der Waals surface area contributed by atoms with E-state index in [2.05, 4.69) is 10.2 Å².